The van der Waals surface area contributed by atoms with Gasteiger partial charge in [-0.15, -0.1) is 0 Å². The van der Waals surface area contributed by atoms with E-state index in [0.29, 0.717) is 13.2 Å². The van der Waals surface area contributed by atoms with Crippen molar-refractivity contribution in [3.63, 3.8) is 0 Å². The lowest BCUT2D eigenvalue weighted by atomic mass is 10.1. The minimum atomic E-state index is 0.527. The van der Waals surface area contributed by atoms with Crippen molar-refractivity contribution in [2.75, 3.05) is 26.7 Å². The Kier molecular flexibility index (Phi) is 6.76. The number of hydrogen-bond acceptors (Lipinski definition) is 3. The Morgan fingerprint density at radius 3 is 2.72 bits per heavy atom. The van der Waals surface area contributed by atoms with Crippen LogP contribution in [0, 0.1) is 5.92 Å². The molecule has 0 heterocycles. The zero-order chi connectivity index (χ0) is 13.4. The number of benzene rings is 1. The molecule has 0 amide bonds. The van der Waals surface area contributed by atoms with Crippen molar-refractivity contribution in [3.05, 3.63) is 29.8 Å². The van der Waals surface area contributed by atoms with Crippen LogP contribution in [-0.2, 0) is 6.54 Å². The Labute approximate surface area is 111 Å². The van der Waals surface area contributed by atoms with Gasteiger partial charge in [0.2, 0.25) is 0 Å². The van der Waals surface area contributed by atoms with Crippen LogP contribution in [-0.4, -0.2) is 31.6 Å². The fourth-order valence-electron chi connectivity index (χ4n) is 1.88. The highest BCUT2D eigenvalue weighted by Gasteiger charge is 2.05. The average molecular weight is 250 g/mol. The molecular weight excluding hydrogens is 224 g/mol. The van der Waals surface area contributed by atoms with Crippen molar-refractivity contribution in [1.29, 1.82) is 0 Å². The summed E-state index contributed by atoms with van der Waals surface area (Å²) in [4.78, 5) is 2.32. The van der Waals surface area contributed by atoms with Crippen LogP contribution >= 0.6 is 0 Å². The molecule has 0 aliphatic heterocycles. The van der Waals surface area contributed by atoms with Gasteiger partial charge in [-0.2, -0.15) is 0 Å². The quantitative estimate of drug-likeness (QED) is 0.770. The first-order valence-electron chi connectivity index (χ1n) is 6.76. The smallest absolute Gasteiger partial charge is 0.123 e. The van der Waals surface area contributed by atoms with Gasteiger partial charge in [0.25, 0.3) is 0 Å². The van der Waals surface area contributed by atoms with Gasteiger partial charge in [0.15, 0.2) is 0 Å². The molecule has 0 aliphatic carbocycles. The first-order chi connectivity index (χ1) is 8.67. The highest BCUT2D eigenvalue weighted by molar-refractivity contribution is 5.32. The standard InChI is InChI=1S/C15H26N2O/c1-4-13(2)12-17(3)9-10-18-15-8-6-5-7-14(15)11-16/h5-8,13H,4,9-12,16H2,1-3H3. The number of rotatable bonds is 8. The Balaban J connectivity index is 2.32. The highest BCUT2D eigenvalue weighted by atomic mass is 16.5. The highest BCUT2D eigenvalue weighted by Crippen LogP contribution is 2.16. The van der Waals surface area contributed by atoms with Gasteiger partial charge in [-0.3, -0.25) is 0 Å². The lowest BCUT2D eigenvalue weighted by molar-refractivity contribution is 0.216. The normalized spacial score (nSPS) is 12.7. The zero-order valence-electron chi connectivity index (χ0n) is 11.9. The topological polar surface area (TPSA) is 38.5 Å². The molecule has 1 aromatic rings. The van der Waals surface area contributed by atoms with Crippen molar-refractivity contribution < 1.29 is 4.74 Å². The average Bonchev–Trinajstić information content (AvgIpc) is 2.39. The molecule has 1 unspecified atom stereocenters. The van der Waals surface area contributed by atoms with Gasteiger partial charge in [-0.05, 0) is 19.0 Å². The van der Waals surface area contributed by atoms with Crippen LogP contribution in [0.2, 0.25) is 0 Å². The fraction of sp³-hybridized carbons (Fsp3) is 0.600. The minimum absolute atomic E-state index is 0.527. The summed E-state index contributed by atoms with van der Waals surface area (Å²) in [5.74, 6) is 1.66. The van der Waals surface area contributed by atoms with E-state index in [1.807, 2.05) is 24.3 Å². The lowest BCUT2D eigenvalue weighted by Crippen LogP contribution is -2.28. The molecule has 0 aromatic heterocycles. The second-order valence-corrected chi connectivity index (χ2v) is 4.94. The third-order valence-electron chi connectivity index (χ3n) is 3.24. The molecule has 0 saturated carbocycles. The van der Waals surface area contributed by atoms with Crippen molar-refractivity contribution in [2.45, 2.75) is 26.8 Å². The maximum Gasteiger partial charge on any atom is 0.123 e. The first kappa shape index (κ1) is 15.0. The number of hydrogen-bond donors (Lipinski definition) is 1. The van der Waals surface area contributed by atoms with Gasteiger partial charge < -0.3 is 15.4 Å². The fourth-order valence-corrected chi connectivity index (χ4v) is 1.88. The van der Waals surface area contributed by atoms with Gasteiger partial charge in [-0.25, -0.2) is 0 Å². The molecule has 1 atom stereocenters. The molecule has 102 valence electrons. The van der Waals surface area contributed by atoms with E-state index in [0.717, 1.165) is 30.3 Å². The second kappa shape index (κ2) is 8.11. The van der Waals surface area contributed by atoms with E-state index in [9.17, 15) is 0 Å². The van der Waals surface area contributed by atoms with E-state index in [-0.39, 0.29) is 0 Å². The minimum Gasteiger partial charge on any atom is -0.492 e. The molecule has 0 fully saturated rings. The van der Waals surface area contributed by atoms with Gasteiger partial charge in [0.1, 0.15) is 12.4 Å². The van der Waals surface area contributed by atoms with Crippen LogP contribution in [0.1, 0.15) is 25.8 Å². The molecule has 0 saturated heterocycles. The number of nitrogens with two attached hydrogens (primary N) is 1. The van der Waals surface area contributed by atoms with Crippen molar-refractivity contribution in [1.82, 2.24) is 4.90 Å². The van der Waals surface area contributed by atoms with E-state index >= 15 is 0 Å². The van der Waals surface area contributed by atoms with Crippen molar-refractivity contribution >= 4 is 0 Å². The van der Waals surface area contributed by atoms with Gasteiger partial charge in [0, 0.05) is 25.2 Å². The molecule has 0 aliphatic rings. The van der Waals surface area contributed by atoms with Crippen LogP contribution < -0.4 is 10.5 Å². The van der Waals surface area contributed by atoms with Crippen LogP contribution in [0.3, 0.4) is 0 Å². The summed E-state index contributed by atoms with van der Waals surface area (Å²) in [6.07, 6.45) is 1.22. The Bertz CT molecular complexity index is 341. The Morgan fingerprint density at radius 2 is 2.06 bits per heavy atom. The van der Waals surface area contributed by atoms with E-state index in [4.69, 9.17) is 10.5 Å². The van der Waals surface area contributed by atoms with Crippen LogP contribution in [0.5, 0.6) is 5.75 Å². The molecule has 2 N–H and O–H groups in total. The molecular formula is C15H26N2O. The van der Waals surface area contributed by atoms with Gasteiger partial charge >= 0.3 is 0 Å². The third-order valence-corrected chi connectivity index (χ3v) is 3.24. The van der Waals surface area contributed by atoms with Crippen molar-refractivity contribution in [2.24, 2.45) is 11.7 Å². The van der Waals surface area contributed by atoms with E-state index in [1.54, 1.807) is 0 Å². The number of likely N-dealkylation sites (N-methyl/N-ethyl adjacent to an activating group) is 1. The molecule has 3 nitrogen and oxygen atoms in total. The third kappa shape index (κ3) is 5.07. The molecule has 1 aromatic carbocycles. The summed E-state index contributed by atoms with van der Waals surface area (Å²) in [6, 6.07) is 7.97. The molecule has 0 radical (unpaired) electrons. The summed E-state index contributed by atoms with van der Waals surface area (Å²) in [7, 11) is 2.14. The molecule has 0 spiro atoms. The zero-order valence-corrected chi connectivity index (χ0v) is 11.9. The summed E-state index contributed by atoms with van der Waals surface area (Å²) < 4.78 is 5.79. The predicted octanol–water partition coefficient (Wildman–Crippen LogP) is 2.50. The van der Waals surface area contributed by atoms with E-state index in [1.165, 1.54) is 6.42 Å². The number of para-hydroxylation sites is 1. The summed E-state index contributed by atoms with van der Waals surface area (Å²) in [6.45, 7) is 7.82. The maximum absolute atomic E-state index is 5.79. The summed E-state index contributed by atoms with van der Waals surface area (Å²) >= 11 is 0. The van der Waals surface area contributed by atoms with Crippen LogP contribution in [0.15, 0.2) is 24.3 Å². The molecule has 18 heavy (non-hydrogen) atoms. The van der Waals surface area contributed by atoms with E-state index < -0.39 is 0 Å². The summed E-state index contributed by atoms with van der Waals surface area (Å²) in [5, 5.41) is 0. The maximum atomic E-state index is 5.79. The second-order valence-electron chi connectivity index (χ2n) is 4.94. The van der Waals surface area contributed by atoms with Crippen LogP contribution in [0.4, 0.5) is 0 Å². The largest absolute Gasteiger partial charge is 0.492 e. The lowest BCUT2D eigenvalue weighted by Gasteiger charge is -2.20. The Morgan fingerprint density at radius 1 is 1.33 bits per heavy atom. The summed E-state index contributed by atoms with van der Waals surface area (Å²) in [5.41, 5.74) is 6.75. The SMILES string of the molecule is CCC(C)CN(C)CCOc1ccccc1CN. The monoisotopic (exact) mass is 250 g/mol. The number of ether oxygens (including phenoxy) is 1. The predicted molar refractivity (Wildman–Crippen MR) is 76.8 cm³/mol. The van der Waals surface area contributed by atoms with Gasteiger partial charge in [0.05, 0.1) is 0 Å². The Hall–Kier alpha value is -1.06. The van der Waals surface area contributed by atoms with Gasteiger partial charge in [-0.1, -0.05) is 38.5 Å². The van der Waals surface area contributed by atoms with Crippen LogP contribution in [0.25, 0.3) is 0 Å². The number of nitrogens with zero attached hydrogens (tertiary/aromatic N) is 1. The van der Waals surface area contributed by atoms with E-state index in [2.05, 4.69) is 25.8 Å². The molecule has 0 bridgehead atoms. The molecule has 3 heteroatoms. The van der Waals surface area contributed by atoms with Crippen molar-refractivity contribution in [3.8, 4) is 5.75 Å². The first-order valence-corrected chi connectivity index (χ1v) is 6.76. The molecule has 1 rings (SSSR count).